The Balaban J connectivity index is 5.70. The Kier molecular flexibility index (Phi) is 7.58. The van der Waals surface area contributed by atoms with Crippen LogP contribution in [0.25, 0.3) is 0 Å². The van der Waals surface area contributed by atoms with Gasteiger partial charge in [-0.25, -0.2) is 0 Å². The van der Waals surface area contributed by atoms with Crippen LogP contribution < -0.4 is 0 Å². The van der Waals surface area contributed by atoms with Crippen molar-refractivity contribution in [1.82, 2.24) is 0 Å². The summed E-state index contributed by atoms with van der Waals surface area (Å²) < 4.78 is 0. The summed E-state index contributed by atoms with van der Waals surface area (Å²) in [5.74, 6) is 0. The Hall–Kier alpha value is 1.40. The SMILES string of the molecule is C[Si](C)(C)[CH2][Al-]([CH2][Si](C)(C)C)([CH2][Si](C)(C)C)[CH2][Si](C)(C)C. The van der Waals surface area contributed by atoms with Crippen molar-refractivity contribution >= 4 is 45.4 Å². The molecule has 0 spiro atoms. The van der Waals surface area contributed by atoms with Crippen LogP contribution in [0.5, 0.6) is 0 Å². The maximum Gasteiger partial charge on any atom is 0.124 e. The van der Waals surface area contributed by atoms with E-state index in [0.29, 0.717) is 0 Å². The monoisotopic (exact) mass is 375 g/mol. The first kappa shape index (κ1) is 22.4. The molecule has 0 unspecified atom stereocenters. The molecule has 5 heteroatoms. The molecule has 0 rings (SSSR count). The zero-order chi connectivity index (χ0) is 17.3. The fourth-order valence-electron chi connectivity index (χ4n) is 5.63. The summed E-state index contributed by atoms with van der Waals surface area (Å²) in [5, 5.41) is 0. The fraction of sp³-hybridized carbons (Fsp3) is 1.00. The summed E-state index contributed by atoms with van der Waals surface area (Å²) in [7, 11) is -3.80. The summed E-state index contributed by atoms with van der Waals surface area (Å²) in [6, 6.07) is 0. The average molecular weight is 376 g/mol. The first-order valence-corrected chi connectivity index (χ1v) is 27.1. The van der Waals surface area contributed by atoms with Gasteiger partial charge in [-0.2, -0.15) is 19.6 Å². The van der Waals surface area contributed by atoms with Gasteiger partial charge in [-0.15, -0.1) is 0 Å². The number of hydrogen-bond donors (Lipinski definition) is 0. The van der Waals surface area contributed by atoms with E-state index in [2.05, 4.69) is 78.6 Å². The lowest BCUT2D eigenvalue weighted by atomic mass is 11.6. The van der Waals surface area contributed by atoms with Crippen LogP contribution in [-0.2, 0) is 0 Å². The number of rotatable bonds is 8. The first-order valence-electron chi connectivity index (χ1n) is 9.05. The first-order chi connectivity index (χ1) is 8.83. The molecule has 0 amide bonds. The maximum atomic E-state index is 2.64. The zero-order valence-corrected chi connectivity index (χ0v) is 22.6. The van der Waals surface area contributed by atoms with E-state index in [9.17, 15) is 0 Å². The minimum Gasteiger partial charge on any atom is -0.196 e. The van der Waals surface area contributed by atoms with Crippen molar-refractivity contribution in [1.29, 1.82) is 0 Å². The van der Waals surface area contributed by atoms with Crippen LogP contribution in [0, 0.1) is 0 Å². The van der Waals surface area contributed by atoms with Crippen LogP contribution in [0.15, 0.2) is 0 Å². The van der Waals surface area contributed by atoms with Crippen molar-refractivity contribution in [2.45, 2.75) is 98.2 Å². The Morgan fingerprint density at radius 3 is 0.619 bits per heavy atom. The van der Waals surface area contributed by atoms with E-state index in [1.165, 1.54) is 0 Å². The molecule has 0 fully saturated rings. The third-order valence-electron chi connectivity index (χ3n) is 4.18. The van der Waals surface area contributed by atoms with E-state index >= 15 is 0 Å². The Bertz CT molecular complexity index is 257. The topological polar surface area (TPSA) is 0 Å². The molecule has 0 heterocycles. The van der Waals surface area contributed by atoms with Crippen LogP contribution in [0.4, 0.5) is 0 Å². The van der Waals surface area contributed by atoms with E-state index in [4.69, 9.17) is 0 Å². The largest absolute Gasteiger partial charge is 0.196 e. The summed E-state index contributed by atoms with van der Waals surface area (Å²) >= 11 is -1.45. The van der Waals surface area contributed by atoms with Crippen molar-refractivity contribution in [2.75, 3.05) is 0 Å². The van der Waals surface area contributed by atoms with Gasteiger partial charge in [0.05, 0.1) is 0 Å². The van der Waals surface area contributed by atoms with Gasteiger partial charge in [-0.3, -0.25) is 0 Å². The second-order valence-corrected chi connectivity index (χ2v) is 43.3. The van der Waals surface area contributed by atoms with Gasteiger partial charge in [-0.05, 0) is 0 Å². The van der Waals surface area contributed by atoms with Crippen LogP contribution in [0.1, 0.15) is 0 Å². The third-order valence-corrected chi connectivity index (χ3v) is 37.6. The Morgan fingerprint density at radius 1 is 0.381 bits per heavy atom. The average Bonchev–Trinajstić information content (AvgIpc) is 1.83. The molecule has 0 aliphatic rings. The standard InChI is InChI=1S/4C4H11Si.Al/c4*1-5(2,3)4;/h4*1H2,2-4H3;/q;;;;-1. The molecule has 0 aromatic rings. The molecule has 0 nitrogen and oxygen atoms in total. The predicted octanol–water partition coefficient (Wildman–Crippen LogP) is 6.94. The molecular formula is C16H44AlSi4-. The highest BCUT2D eigenvalue weighted by Crippen LogP contribution is 2.40. The smallest absolute Gasteiger partial charge is 0.124 e. The molecule has 0 aromatic heterocycles. The zero-order valence-electron chi connectivity index (χ0n) is 17.4. The van der Waals surface area contributed by atoms with Gasteiger partial charge in [0.25, 0.3) is 0 Å². The quantitative estimate of drug-likeness (QED) is 0.403. The van der Waals surface area contributed by atoms with Gasteiger partial charge in [0.15, 0.2) is 0 Å². The lowest BCUT2D eigenvalue weighted by Crippen LogP contribution is -2.55. The third kappa shape index (κ3) is 12.5. The van der Waals surface area contributed by atoms with Crippen LogP contribution in [-0.4, -0.2) is 45.4 Å². The summed E-state index contributed by atoms with van der Waals surface area (Å²) in [5.41, 5.74) is 0. The molecule has 0 aliphatic carbocycles. The molecule has 128 valence electrons. The molecule has 0 saturated carbocycles. The highest BCUT2D eigenvalue weighted by Gasteiger charge is 2.41. The molecular weight excluding hydrogens is 332 g/mol. The molecule has 21 heavy (non-hydrogen) atoms. The molecule has 0 atom stereocenters. The van der Waals surface area contributed by atoms with Crippen molar-refractivity contribution in [3.05, 3.63) is 0 Å². The van der Waals surface area contributed by atoms with Crippen molar-refractivity contribution in [3.63, 3.8) is 0 Å². The van der Waals surface area contributed by atoms with Crippen molar-refractivity contribution < 1.29 is 0 Å². The van der Waals surface area contributed by atoms with Gasteiger partial charge in [0.1, 0.15) is 13.1 Å². The summed E-state index contributed by atoms with van der Waals surface area (Å²) in [6.07, 6.45) is 0. The fourth-order valence-corrected chi connectivity index (χ4v) is 58.5. The van der Waals surface area contributed by atoms with Crippen LogP contribution >= 0.6 is 0 Å². The minimum absolute atomic E-state index is 0.951. The molecule has 0 bridgehead atoms. The summed E-state index contributed by atoms with van der Waals surface area (Å²) in [6.45, 7) is 31.7. The van der Waals surface area contributed by atoms with Gasteiger partial charge in [-0.1, -0.05) is 78.6 Å². The van der Waals surface area contributed by atoms with Crippen LogP contribution in [0.3, 0.4) is 0 Å². The second kappa shape index (κ2) is 7.11. The van der Waals surface area contributed by atoms with E-state index in [1.807, 2.05) is 0 Å². The Morgan fingerprint density at radius 2 is 0.524 bits per heavy atom. The van der Waals surface area contributed by atoms with Gasteiger partial charge in [0, 0.05) is 32.3 Å². The van der Waals surface area contributed by atoms with Gasteiger partial charge < -0.3 is 0 Å². The number of hydrogen-bond acceptors (Lipinski definition) is 0. The van der Waals surface area contributed by atoms with Gasteiger partial charge >= 0.3 is 0 Å². The van der Waals surface area contributed by atoms with Crippen molar-refractivity contribution in [2.24, 2.45) is 0 Å². The predicted molar refractivity (Wildman–Crippen MR) is 118 cm³/mol. The Labute approximate surface area is 143 Å². The van der Waals surface area contributed by atoms with E-state index < -0.39 is 45.4 Å². The van der Waals surface area contributed by atoms with E-state index in [1.54, 1.807) is 19.6 Å². The second-order valence-electron chi connectivity index (χ2n) is 12.8. The normalized spacial score (nSPS) is 15.4. The van der Waals surface area contributed by atoms with Crippen molar-refractivity contribution in [3.8, 4) is 0 Å². The summed E-state index contributed by atoms with van der Waals surface area (Å²) in [4.78, 5) is 6.94. The highest BCUT2D eigenvalue weighted by molar-refractivity contribution is 7.12. The maximum absolute atomic E-state index is 2.64. The lowest BCUT2D eigenvalue weighted by molar-refractivity contribution is 1.34. The van der Waals surface area contributed by atoms with E-state index in [0.717, 1.165) is 0 Å². The van der Waals surface area contributed by atoms with Gasteiger partial charge in [0.2, 0.25) is 0 Å². The van der Waals surface area contributed by atoms with Crippen LogP contribution in [0.2, 0.25) is 98.2 Å². The molecule has 0 aromatic carbocycles. The molecule has 0 aliphatic heterocycles. The lowest BCUT2D eigenvalue weighted by Gasteiger charge is -2.50. The molecule has 0 radical (unpaired) electrons. The van der Waals surface area contributed by atoms with E-state index in [-0.39, 0.29) is 0 Å². The molecule has 0 N–H and O–H groups in total. The minimum atomic E-state index is -1.45. The molecule has 0 saturated heterocycles. The highest BCUT2D eigenvalue weighted by atomic mass is 28.3.